The number of aromatic nitrogens is 1. The Morgan fingerprint density at radius 2 is 1.63 bits per heavy atom. The average Bonchev–Trinajstić information content (AvgIpc) is 3.13. The highest BCUT2D eigenvalue weighted by Gasteiger charge is 2.18. The van der Waals surface area contributed by atoms with Crippen molar-refractivity contribution in [1.29, 1.82) is 0 Å². The molecule has 2 atom stereocenters. The van der Waals surface area contributed by atoms with Gasteiger partial charge in [-0.05, 0) is 79.6 Å². The Balaban J connectivity index is 1.54. The predicted molar refractivity (Wildman–Crippen MR) is 151 cm³/mol. The van der Waals surface area contributed by atoms with E-state index in [1.807, 2.05) is 50.4 Å². The fourth-order valence-electron chi connectivity index (χ4n) is 4.73. The molecule has 0 aliphatic heterocycles. The lowest BCUT2D eigenvalue weighted by Gasteiger charge is -2.16. The molecule has 1 unspecified atom stereocenters. The molecule has 4 aromatic rings. The van der Waals surface area contributed by atoms with Gasteiger partial charge in [-0.3, -0.25) is 4.79 Å². The second-order valence-electron chi connectivity index (χ2n) is 10.3. The van der Waals surface area contributed by atoms with Crippen LogP contribution in [0.5, 0.6) is 5.75 Å². The summed E-state index contributed by atoms with van der Waals surface area (Å²) in [5.74, 6) is -0.108. The van der Waals surface area contributed by atoms with Gasteiger partial charge in [0.25, 0.3) is 5.91 Å². The molecular weight excluding hydrogens is 476 g/mol. The molecule has 2 N–H and O–H groups in total. The molecule has 1 heterocycles. The van der Waals surface area contributed by atoms with Crippen molar-refractivity contribution >= 4 is 22.8 Å². The Kier molecular flexibility index (Phi) is 7.91. The largest absolute Gasteiger partial charge is 0.479 e. The van der Waals surface area contributed by atoms with Crippen molar-refractivity contribution in [3.05, 3.63) is 100 Å². The molecule has 0 saturated heterocycles. The number of fused-ring (bicyclic) bond motifs is 1. The van der Waals surface area contributed by atoms with Gasteiger partial charge in [-0.15, -0.1) is 0 Å². The number of carbonyl (C=O) groups excluding carboxylic acids is 1. The van der Waals surface area contributed by atoms with E-state index in [1.54, 1.807) is 6.07 Å². The number of ether oxygens (including phenoxy) is 1. The minimum atomic E-state index is -1.00. The Labute approximate surface area is 224 Å². The van der Waals surface area contributed by atoms with Gasteiger partial charge in [0, 0.05) is 29.2 Å². The molecule has 0 aliphatic carbocycles. The summed E-state index contributed by atoms with van der Waals surface area (Å²) >= 11 is 0. The molecule has 1 aromatic heterocycles. The summed E-state index contributed by atoms with van der Waals surface area (Å²) in [5, 5.41) is 13.4. The quantitative estimate of drug-likeness (QED) is 0.267. The van der Waals surface area contributed by atoms with Crippen LogP contribution < -0.4 is 10.1 Å². The maximum absolute atomic E-state index is 13.1. The maximum Gasteiger partial charge on any atom is 0.344 e. The Bertz CT molecular complexity index is 1470. The fraction of sp³-hybridized carbons (Fsp3) is 0.312. The zero-order valence-electron chi connectivity index (χ0n) is 22.9. The normalized spacial score (nSPS) is 12.9. The molecule has 0 saturated carbocycles. The molecule has 0 fully saturated rings. The predicted octanol–water partition coefficient (Wildman–Crippen LogP) is 6.54. The van der Waals surface area contributed by atoms with Gasteiger partial charge in [-0.1, -0.05) is 56.3 Å². The molecular formula is C32H36N2O4. The number of hydrogen-bond donors (Lipinski definition) is 2. The Morgan fingerprint density at radius 1 is 0.947 bits per heavy atom. The third kappa shape index (κ3) is 5.75. The van der Waals surface area contributed by atoms with E-state index in [4.69, 9.17) is 9.84 Å². The topological polar surface area (TPSA) is 80.6 Å². The monoisotopic (exact) mass is 512 g/mol. The molecule has 4 rings (SSSR count). The maximum atomic E-state index is 13.1. The van der Waals surface area contributed by atoms with Crippen molar-refractivity contribution in [1.82, 2.24) is 9.88 Å². The second-order valence-corrected chi connectivity index (χ2v) is 10.3. The van der Waals surface area contributed by atoms with Crippen LogP contribution in [0.4, 0.5) is 0 Å². The first kappa shape index (κ1) is 27.0. The lowest BCUT2D eigenvalue weighted by atomic mass is 9.99. The van der Waals surface area contributed by atoms with Crippen molar-refractivity contribution in [3.63, 3.8) is 0 Å². The highest BCUT2D eigenvalue weighted by atomic mass is 16.5. The molecule has 6 nitrogen and oxygen atoms in total. The summed E-state index contributed by atoms with van der Waals surface area (Å²) in [6.07, 6.45) is -0.257. The minimum Gasteiger partial charge on any atom is -0.479 e. The summed E-state index contributed by atoms with van der Waals surface area (Å²) < 4.78 is 7.66. The van der Waals surface area contributed by atoms with E-state index < -0.39 is 12.1 Å². The van der Waals surface area contributed by atoms with Gasteiger partial charge in [-0.2, -0.15) is 0 Å². The second kappa shape index (κ2) is 11.1. The van der Waals surface area contributed by atoms with Crippen LogP contribution in [0.25, 0.3) is 10.9 Å². The number of carboxylic acid groups (broad SMARTS) is 1. The number of benzene rings is 3. The number of carboxylic acids is 1. The lowest BCUT2D eigenvalue weighted by molar-refractivity contribution is -0.144. The van der Waals surface area contributed by atoms with Crippen molar-refractivity contribution in [2.45, 2.75) is 59.1 Å². The Hall–Kier alpha value is -4.06. The van der Waals surface area contributed by atoms with Gasteiger partial charge in [0.2, 0.25) is 0 Å². The van der Waals surface area contributed by atoms with Gasteiger partial charge in [0.1, 0.15) is 5.75 Å². The molecule has 1 amide bonds. The van der Waals surface area contributed by atoms with Crippen LogP contribution in [0.15, 0.2) is 66.7 Å². The number of carbonyl (C=O) groups is 2. The van der Waals surface area contributed by atoms with Gasteiger partial charge in [0.05, 0.1) is 6.04 Å². The molecule has 198 valence electrons. The summed E-state index contributed by atoms with van der Waals surface area (Å²) in [6.45, 7) is 9.93. The van der Waals surface area contributed by atoms with Crippen LogP contribution in [0.2, 0.25) is 0 Å². The van der Waals surface area contributed by atoms with E-state index in [0.717, 1.165) is 33.3 Å². The number of aryl methyl sites for hydroxylation is 1. The SMILES string of the molecule is Cc1c(Cc2cccc(OC(C)C(=O)O)c2)c2ccc(C(=O)N[C@@H](C)c3ccc(C(C)C)cc3)cc2n1C. The van der Waals surface area contributed by atoms with Gasteiger partial charge in [-0.25, -0.2) is 4.79 Å². The first-order valence-electron chi connectivity index (χ1n) is 13.0. The van der Waals surface area contributed by atoms with Crippen LogP contribution in [0.3, 0.4) is 0 Å². The van der Waals surface area contributed by atoms with Crippen LogP contribution in [-0.2, 0) is 18.3 Å². The molecule has 6 heteroatoms. The smallest absolute Gasteiger partial charge is 0.344 e. The van der Waals surface area contributed by atoms with Crippen LogP contribution in [0.1, 0.15) is 78.0 Å². The van der Waals surface area contributed by atoms with E-state index >= 15 is 0 Å². The third-order valence-corrected chi connectivity index (χ3v) is 7.28. The minimum absolute atomic E-state index is 0.106. The number of hydrogen-bond acceptors (Lipinski definition) is 3. The van der Waals surface area contributed by atoms with E-state index in [1.165, 1.54) is 12.5 Å². The highest BCUT2D eigenvalue weighted by Crippen LogP contribution is 2.29. The average molecular weight is 513 g/mol. The van der Waals surface area contributed by atoms with E-state index in [2.05, 4.69) is 54.9 Å². The first-order chi connectivity index (χ1) is 18.0. The number of amides is 1. The van der Waals surface area contributed by atoms with E-state index in [-0.39, 0.29) is 11.9 Å². The third-order valence-electron chi connectivity index (χ3n) is 7.28. The lowest BCUT2D eigenvalue weighted by Crippen LogP contribution is -2.26. The zero-order valence-corrected chi connectivity index (χ0v) is 22.9. The summed E-state index contributed by atoms with van der Waals surface area (Å²) in [5.41, 5.74) is 7.26. The summed E-state index contributed by atoms with van der Waals surface area (Å²) in [7, 11) is 2.01. The number of rotatable bonds is 9. The molecule has 0 radical (unpaired) electrons. The van der Waals surface area contributed by atoms with Crippen molar-refractivity contribution in [2.24, 2.45) is 7.05 Å². The van der Waals surface area contributed by atoms with Gasteiger partial charge >= 0.3 is 5.97 Å². The van der Waals surface area contributed by atoms with Crippen molar-refractivity contribution in [3.8, 4) is 5.75 Å². The number of aliphatic carboxylic acids is 1. The first-order valence-corrected chi connectivity index (χ1v) is 13.0. The van der Waals surface area contributed by atoms with Crippen LogP contribution in [0, 0.1) is 6.92 Å². The van der Waals surface area contributed by atoms with E-state index in [9.17, 15) is 9.59 Å². The summed E-state index contributed by atoms with van der Waals surface area (Å²) in [4.78, 5) is 24.3. The molecule has 38 heavy (non-hydrogen) atoms. The molecule has 0 spiro atoms. The molecule has 0 bridgehead atoms. The standard InChI is InChI=1S/C32H36N2O4/c1-19(2)24-10-12-25(13-11-24)20(3)33-31(35)26-14-15-28-29(21(4)34(6)30(28)18-26)17-23-8-7-9-27(16-23)38-22(5)32(36)37/h7-16,18-20,22H,17H2,1-6H3,(H,33,35)(H,36,37)/t20-,22?/m0/s1. The van der Waals surface area contributed by atoms with Crippen molar-refractivity contribution < 1.29 is 19.4 Å². The molecule has 0 aliphatic rings. The van der Waals surface area contributed by atoms with Gasteiger partial charge in [0.15, 0.2) is 6.10 Å². The van der Waals surface area contributed by atoms with Crippen LogP contribution >= 0.6 is 0 Å². The number of nitrogens with one attached hydrogen (secondary N) is 1. The van der Waals surface area contributed by atoms with Gasteiger partial charge < -0.3 is 19.7 Å². The Morgan fingerprint density at radius 3 is 2.29 bits per heavy atom. The number of nitrogens with zero attached hydrogens (tertiary/aromatic N) is 1. The van der Waals surface area contributed by atoms with Crippen molar-refractivity contribution in [2.75, 3.05) is 0 Å². The summed E-state index contributed by atoms with van der Waals surface area (Å²) in [6, 6.07) is 21.7. The molecule has 3 aromatic carbocycles. The van der Waals surface area contributed by atoms with Crippen LogP contribution in [-0.4, -0.2) is 27.7 Å². The van der Waals surface area contributed by atoms with E-state index in [0.29, 0.717) is 23.7 Å². The fourth-order valence-corrected chi connectivity index (χ4v) is 4.73. The highest BCUT2D eigenvalue weighted by molar-refractivity contribution is 5.99. The zero-order chi connectivity index (χ0) is 27.6.